The summed E-state index contributed by atoms with van der Waals surface area (Å²) in [5.74, 6) is 4.86. The Hall–Kier alpha value is -16.4. The Labute approximate surface area is 846 Å². The largest absolute Gasteiger partial charge is 0.374 e. The number of nitrogens with zero attached hydrogens (tertiary/aromatic N) is 43. The van der Waals surface area contributed by atoms with Gasteiger partial charge in [-0.25, -0.2) is 52.9 Å². The molecule has 0 bridgehead atoms. The van der Waals surface area contributed by atoms with Crippen molar-refractivity contribution in [2.75, 3.05) is 31.6 Å². The average Bonchev–Trinajstić information content (AvgIpc) is 1.64. The quantitative estimate of drug-likeness (QED) is 0.0675. The molecular weight excluding hydrogens is 1920 g/mol. The third kappa shape index (κ3) is 32.3. The van der Waals surface area contributed by atoms with Gasteiger partial charge in [0.1, 0.15) is 0 Å². The molecule has 5 aliphatic carbocycles. The summed E-state index contributed by atoms with van der Waals surface area (Å²) >= 11 is 0. The van der Waals surface area contributed by atoms with E-state index in [0.29, 0.717) is 34.7 Å². The lowest BCUT2D eigenvalue weighted by molar-refractivity contribution is 0.126. The van der Waals surface area contributed by atoms with Crippen LogP contribution in [0.25, 0.3) is 79.2 Å². The van der Waals surface area contributed by atoms with Crippen molar-refractivity contribution in [3.63, 3.8) is 0 Å². The van der Waals surface area contributed by atoms with E-state index in [9.17, 15) is 52.2 Å². The molecule has 0 amide bonds. The van der Waals surface area contributed by atoms with E-state index in [2.05, 4.69) is 125 Å². The predicted octanol–water partition coefficient (Wildman–Crippen LogP) is 7.30. The number of para-hydroxylation sites is 1. The van der Waals surface area contributed by atoms with E-state index >= 15 is 0 Å². The van der Waals surface area contributed by atoms with Crippen LogP contribution in [0.4, 0.5) is 0 Å². The topological polar surface area (TPSA) is 573 Å². The van der Waals surface area contributed by atoms with Gasteiger partial charge in [-0.3, -0.25) is 9.19 Å². The van der Waals surface area contributed by atoms with E-state index in [1.165, 1.54) is 132 Å². The number of hydrogen-bond donors (Lipinski definition) is 0. The first kappa shape index (κ1) is 116. The standard InChI is InChI=1S/C10H16N4O.C10H10N4O.2C9H9N5O.C9H14N4O.C8H13N5O.C8H12N4O2S.2C8H12N4O.C7H10N4O.3C2H6/c2*1-2-8-13-10(15)14(12-11-13)9-6-4-3-5-7-9;1-2-7-13-9(15)14(12-11-13)8-5-3-4-6-10-8;1-2-6-13-9(15)14(12-11-13)8-4-3-5-10-7-8;1-2-7-12-9(14)13(11-10-12)8-5-3-4-6-8;1-3-4-12-8(14)13(10-9-12)7-5-11(2)6-7;1-3-4-11-8(13)12(10-9-11)7-5-15(2,14)6-7;2*1-2-6-11-8(13)12(10-9-11)7-4-3-5-7;1-2-5-10-7(12)11(9-8-10)6-3-4-6;3*1-2/h2,8-9H,3-7H2,1H3;2-8H,1H3;2*2-7H,1H3;2,7-8H,3-6H2,1H3;3-4,7H,5-6H2,1-2H3;3-4,7H,2,5-6H2,1H3;2*2,6-7H,3-5H2,1H3;2,5-6H,3-4H2,1H3;3*1-2H3/b2*8-2+;7-2+;6-2+;7-2+;2*4-3+;2*6-2+;5-2+;;;. The van der Waals surface area contributed by atoms with Crippen LogP contribution < -0.4 is 56.9 Å². The van der Waals surface area contributed by atoms with Crippen molar-refractivity contribution in [2.45, 2.75) is 262 Å². The fourth-order valence-corrected chi connectivity index (χ4v) is 15.8. The summed E-state index contributed by atoms with van der Waals surface area (Å²) in [6.45, 7) is 32.0. The number of allylic oxidation sites excluding steroid dienone is 10. The number of likely N-dealkylation sites (tertiary alicyclic amines) is 1. The number of likely N-dealkylation sites (N-methyl/N-ethyl adjacent to an activating group) is 1. The molecule has 147 heavy (non-hydrogen) atoms. The van der Waals surface area contributed by atoms with Crippen LogP contribution in [0.3, 0.4) is 0 Å². The first-order valence-corrected chi connectivity index (χ1v) is 51.0. The first-order chi connectivity index (χ1) is 71.4. The number of pyridine rings is 2. The van der Waals surface area contributed by atoms with Crippen molar-refractivity contribution in [3.05, 3.63) is 245 Å². The number of rotatable bonds is 20. The number of tetrazole rings is 10. The third-order valence-corrected chi connectivity index (χ3v) is 23.9. The predicted molar refractivity (Wildman–Crippen MR) is 561 cm³/mol. The summed E-state index contributed by atoms with van der Waals surface area (Å²) in [5.41, 5.74) is -0.769. The first-order valence-electron chi connectivity index (χ1n) is 48.9. The number of hydrogen-bond acceptors (Lipinski definition) is 34. The minimum Gasteiger partial charge on any atom is -0.302 e. The van der Waals surface area contributed by atoms with Crippen molar-refractivity contribution in [2.24, 2.45) is 0 Å². The molecule has 13 aromatic rings. The Morgan fingerprint density at radius 2 is 0.517 bits per heavy atom. The van der Waals surface area contributed by atoms with Crippen LogP contribution >= 0.6 is 0 Å². The van der Waals surface area contributed by atoms with Crippen LogP contribution in [0.15, 0.2) is 188 Å². The van der Waals surface area contributed by atoms with Gasteiger partial charge < -0.3 is 4.90 Å². The number of benzene rings is 1. The monoisotopic (exact) mass is 2050 g/mol. The Morgan fingerprint density at radius 1 is 0.265 bits per heavy atom. The number of aromatic nitrogens is 42. The van der Waals surface area contributed by atoms with E-state index in [1.807, 2.05) is 115 Å². The van der Waals surface area contributed by atoms with Gasteiger partial charge in [0.05, 0.1) is 59.9 Å². The highest BCUT2D eigenvalue weighted by Gasteiger charge is 2.34. The lowest BCUT2D eigenvalue weighted by atomic mass is 9.93. The summed E-state index contributed by atoms with van der Waals surface area (Å²) in [4.78, 5) is 126. The zero-order chi connectivity index (χ0) is 107. The molecule has 7 aliphatic rings. The van der Waals surface area contributed by atoms with Gasteiger partial charge in [-0.15, -0.1) is 4.68 Å². The fraction of sp³-hybridized carbons (Fsp3) is 0.489. The summed E-state index contributed by atoms with van der Waals surface area (Å²) in [6, 6.07) is 19.3. The molecule has 54 nitrogen and oxygen atoms in total. The van der Waals surface area contributed by atoms with Gasteiger partial charge in [-0.2, -0.15) is 89.0 Å². The normalized spacial score (nSPS) is 16.7. The minimum atomic E-state index is -1.95. The van der Waals surface area contributed by atoms with Gasteiger partial charge in [-0.1, -0.05) is 159 Å². The zero-order valence-corrected chi connectivity index (χ0v) is 87.1. The summed E-state index contributed by atoms with van der Waals surface area (Å²) in [5, 5.41) is 75.2. The van der Waals surface area contributed by atoms with Crippen LogP contribution in [-0.2, 0) is 9.52 Å². The highest BCUT2D eigenvalue weighted by molar-refractivity contribution is 8.01. The van der Waals surface area contributed by atoms with E-state index in [-0.39, 0.29) is 93.1 Å². The van der Waals surface area contributed by atoms with Crippen molar-refractivity contribution in [1.82, 2.24) is 213 Å². The molecule has 2 aliphatic heterocycles. The third-order valence-electron chi connectivity index (χ3n) is 21.9. The maximum Gasteiger partial charge on any atom is 0.374 e. The van der Waals surface area contributed by atoms with Crippen LogP contribution in [0, 0.1) is 0 Å². The summed E-state index contributed by atoms with van der Waals surface area (Å²) in [7, 11) is 0.0585. The lowest BCUT2D eigenvalue weighted by Gasteiger charge is -2.34. The van der Waals surface area contributed by atoms with E-state index in [0.717, 1.165) is 96.0 Å². The molecule has 7 fully saturated rings. The minimum absolute atomic E-state index is 0.110. The van der Waals surface area contributed by atoms with E-state index in [4.69, 9.17) is 0 Å². The molecule has 0 atom stereocenters. The Morgan fingerprint density at radius 3 is 0.782 bits per heavy atom. The van der Waals surface area contributed by atoms with Crippen molar-refractivity contribution in [1.29, 1.82) is 0 Å². The molecule has 0 radical (unpaired) electrons. The van der Waals surface area contributed by atoms with Crippen LogP contribution in [0.1, 0.15) is 262 Å². The highest BCUT2D eigenvalue weighted by atomic mass is 32.2. The van der Waals surface area contributed by atoms with Crippen molar-refractivity contribution < 1.29 is 4.21 Å². The van der Waals surface area contributed by atoms with Gasteiger partial charge in [-0.05, 0) is 309 Å². The molecule has 1 aromatic carbocycles. The summed E-state index contributed by atoms with van der Waals surface area (Å²) < 4.78 is 37.3. The highest BCUT2D eigenvalue weighted by Crippen LogP contribution is 2.33. The van der Waals surface area contributed by atoms with Crippen LogP contribution in [-0.4, -0.2) is 254 Å². The molecule has 0 unspecified atom stereocenters. The zero-order valence-electron chi connectivity index (χ0n) is 86.3. The maximum absolute atomic E-state index is 11.8. The summed E-state index contributed by atoms with van der Waals surface area (Å²) in [6.07, 6.45) is 57.0. The second-order valence-electron chi connectivity index (χ2n) is 32.4. The van der Waals surface area contributed by atoms with Crippen molar-refractivity contribution >= 4 is 77.4 Å². The second-order valence-corrected chi connectivity index (χ2v) is 35.0. The molecule has 14 heterocycles. The maximum atomic E-state index is 11.8. The molecule has 20 rings (SSSR count). The second kappa shape index (κ2) is 60.3. The fourth-order valence-electron chi connectivity index (χ4n) is 14.3. The van der Waals surface area contributed by atoms with Crippen LogP contribution in [0.5, 0.6) is 0 Å². The van der Waals surface area contributed by atoms with Crippen molar-refractivity contribution in [3.8, 4) is 17.2 Å². The van der Waals surface area contributed by atoms with Gasteiger partial charge in [0.25, 0.3) is 0 Å². The van der Waals surface area contributed by atoms with Crippen LogP contribution in [0.2, 0.25) is 0 Å². The molecular formula is C92H135N43O11S. The lowest BCUT2D eigenvalue weighted by Crippen LogP contribution is -2.48. The molecule has 55 heteroatoms. The Balaban J connectivity index is 0.000000198. The average molecular weight is 2050 g/mol. The van der Waals surface area contributed by atoms with Gasteiger partial charge in [0, 0.05) is 99.0 Å². The van der Waals surface area contributed by atoms with E-state index in [1.54, 1.807) is 192 Å². The van der Waals surface area contributed by atoms with E-state index < -0.39 is 9.52 Å². The molecule has 12 aromatic heterocycles. The molecule has 5 saturated carbocycles. The molecule has 0 N–H and O–H groups in total. The molecule has 2 saturated heterocycles. The van der Waals surface area contributed by atoms with Gasteiger partial charge in [0.15, 0.2) is 5.82 Å². The molecule has 790 valence electrons. The smallest absolute Gasteiger partial charge is 0.302 e. The molecule has 0 spiro atoms. The SMILES string of the molecule is C/C=C/n1nnn(-c2ccccc2)c1=O.C/C=C/n1nnn(-c2ccccn2)c1=O.C/C=C/n1nnn(-c2cccnc2)c1=O.C/C=C/n1nnn(C2CC2)c1=O.C/C=C/n1nnn(C2CCC2)c1=O.C/C=C/n1nnn(C2CCC2)c1=O.C/C=C/n1nnn(C2CCCC2)c1=O.C/C=C/n1nnn(C2CCCCC2)c1=O.C/C=C/n1nnn(C2CN(C)C2)c1=O.C=S1(=O)CC(n2nnn(/C=C/C)c2=O)C1.CC.CC.CC. The van der Waals surface area contributed by atoms with Gasteiger partial charge >= 0.3 is 56.9 Å². The Kier molecular flexibility index (Phi) is 47.5. The van der Waals surface area contributed by atoms with Gasteiger partial charge in [0.2, 0.25) is 0 Å². The Bertz CT molecular complexity index is 6920.